The maximum Gasteiger partial charge on any atom is 0.407 e. The van der Waals surface area contributed by atoms with Crippen molar-refractivity contribution >= 4 is 12.2 Å². The summed E-state index contributed by atoms with van der Waals surface area (Å²) in [6.45, 7) is 5.31. The SMILES string of the molecule is CC(C)(C)OC(=O)NCC=Cc1cc(F)c(F)c(F)c1. The molecule has 6 heteroatoms. The Balaban J connectivity index is 2.52. The minimum absolute atomic E-state index is 0.121. The summed E-state index contributed by atoms with van der Waals surface area (Å²) in [4.78, 5) is 11.3. The van der Waals surface area contributed by atoms with Crippen LogP contribution < -0.4 is 5.32 Å². The van der Waals surface area contributed by atoms with Gasteiger partial charge < -0.3 is 10.1 Å². The van der Waals surface area contributed by atoms with E-state index in [-0.39, 0.29) is 12.1 Å². The summed E-state index contributed by atoms with van der Waals surface area (Å²) < 4.78 is 43.6. The second kappa shape index (κ2) is 6.45. The molecule has 0 aliphatic rings. The Bertz CT molecular complexity index is 499. The Morgan fingerprint density at radius 1 is 1.25 bits per heavy atom. The molecule has 1 aromatic rings. The van der Waals surface area contributed by atoms with Gasteiger partial charge >= 0.3 is 6.09 Å². The molecular weight excluding hydrogens is 271 g/mol. The van der Waals surface area contributed by atoms with Gasteiger partial charge in [0.1, 0.15) is 5.60 Å². The second-order valence-corrected chi connectivity index (χ2v) is 5.08. The summed E-state index contributed by atoms with van der Waals surface area (Å²) in [5.41, 5.74) is -0.441. The van der Waals surface area contributed by atoms with E-state index in [9.17, 15) is 18.0 Å². The zero-order chi connectivity index (χ0) is 15.3. The fourth-order valence-corrected chi connectivity index (χ4v) is 1.32. The normalized spacial score (nSPS) is 11.7. The fraction of sp³-hybridized carbons (Fsp3) is 0.357. The van der Waals surface area contributed by atoms with E-state index in [1.807, 2.05) is 0 Å². The molecule has 0 atom stereocenters. The van der Waals surface area contributed by atoms with Crippen LogP contribution in [-0.2, 0) is 4.74 Å². The van der Waals surface area contributed by atoms with E-state index in [4.69, 9.17) is 4.74 Å². The number of benzene rings is 1. The molecule has 0 unspecified atom stereocenters. The number of ether oxygens (including phenoxy) is 1. The van der Waals surface area contributed by atoms with Crippen molar-refractivity contribution < 1.29 is 22.7 Å². The van der Waals surface area contributed by atoms with Crippen LogP contribution >= 0.6 is 0 Å². The topological polar surface area (TPSA) is 38.3 Å². The molecular formula is C14H16F3NO2. The highest BCUT2D eigenvalue weighted by Crippen LogP contribution is 2.14. The average molecular weight is 287 g/mol. The van der Waals surface area contributed by atoms with Crippen LogP contribution in [0, 0.1) is 17.5 Å². The molecule has 0 heterocycles. The number of halogens is 3. The van der Waals surface area contributed by atoms with E-state index < -0.39 is 29.1 Å². The molecule has 1 N–H and O–H groups in total. The lowest BCUT2D eigenvalue weighted by Gasteiger charge is -2.19. The van der Waals surface area contributed by atoms with Gasteiger partial charge in [-0.15, -0.1) is 0 Å². The average Bonchev–Trinajstić information content (AvgIpc) is 2.29. The predicted molar refractivity (Wildman–Crippen MR) is 69.6 cm³/mol. The molecule has 1 amide bonds. The third-order valence-electron chi connectivity index (χ3n) is 2.08. The van der Waals surface area contributed by atoms with Crippen molar-refractivity contribution in [3.05, 3.63) is 41.2 Å². The number of alkyl carbamates (subject to hydrolysis) is 1. The van der Waals surface area contributed by atoms with E-state index in [0.29, 0.717) is 0 Å². The monoisotopic (exact) mass is 287 g/mol. The van der Waals surface area contributed by atoms with Crippen LogP contribution in [-0.4, -0.2) is 18.2 Å². The third-order valence-corrected chi connectivity index (χ3v) is 2.08. The second-order valence-electron chi connectivity index (χ2n) is 5.08. The van der Waals surface area contributed by atoms with Gasteiger partial charge in [-0.25, -0.2) is 18.0 Å². The van der Waals surface area contributed by atoms with Crippen LogP contribution in [0.2, 0.25) is 0 Å². The van der Waals surface area contributed by atoms with Crippen molar-refractivity contribution in [1.82, 2.24) is 5.32 Å². The van der Waals surface area contributed by atoms with Gasteiger partial charge in [-0.2, -0.15) is 0 Å². The first-order valence-corrected chi connectivity index (χ1v) is 5.97. The number of rotatable bonds is 3. The predicted octanol–water partition coefficient (Wildman–Crippen LogP) is 3.64. The van der Waals surface area contributed by atoms with Crippen molar-refractivity contribution in [2.75, 3.05) is 6.54 Å². The Labute approximate surface area is 115 Å². The van der Waals surface area contributed by atoms with E-state index in [0.717, 1.165) is 12.1 Å². The molecule has 0 spiro atoms. The van der Waals surface area contributed by atoms with Crippen molar-refractivity contribution in [3.63, 3.8) is 0 Å². The van der Waals surface area contributed by atoms with Gasteiger partial charge in [-0.1, -0.05) is 12.2 Å². The molecule has 20 heavy (non-hydrogen) atoms. The van der Waals surface area contributed by atoms with Gasteiger partial charge in [0.05, 0.1) is 0 Å². The molecule has 0 radical (unpaired) electrons. The largest absolute Gasteiger partial charge is 0.444 e. The highest BCUT2D eigenvalue weighted by molar-refractivity contribution is 5.68. The number of nitrogens with one attached hydrogen (secondary N) is 1. The minimum Gasteiger partial charge on any atom is -0.444 e. The molecule has 0 aromatic heterocycles. The lowest BCUT2D eigenvalue weighted by atomic mass is 10.2. The van der Waals surface area contributed by atoms with E-state index in [2.05, 4.69) is 5.32 Å². The quantitative estimate of drug-likeness (QED) is 0.862. The van der Waals surface area contributed by atoms with Crippen LogP contribution in [0.25, 0.3) is 6.08 Å². The molecule has 1 aromatic carbocycles. The fourth-order valence-electron chi connectivity index (χ4n) is 1.32. The lowest BCUT2D eigenvalue weighted by molar-refractivity contribution is 0.0534. The van der Waals surface area contributed by atoms with E-state index >= 15 is 0 Å². The van der Waals surface area contributed by atoms with Gasteiger partial charge in [0.2, 0.25) is 0 Å². The third kappa shape index (κ3) is 5.34. The van der Waals surface area contributed by atoms with Crippen molar-refractivity contribution in [2.45, 2.75) is 26.4 Å². The molecule has 0 aliphatic heterocycles. The Kier molecular flexibility index (Phi) is 5.19. The van der Waals surface area contributed by atoms with Gasteiger partial charge in [0.15, 0.2) is 17.5 Å². The maximum absolute atomic E-state index is 12.9. The zero-order valence-corrected chi connectivity index (χ0v) is 11.5. The van der Waals surface area contributed by atoms with Gasteiger partial charge in [0, 0.05) is 6.54 Å². The van der Waals surface area contributed by atoms with E-state index in [1.165, 1.54) is 12.2 Å². The summed E-state index contributed by atoms with van der Waals surface area (Å²) in [5, 5.41) is 2.44. The first kappa shape index (κ1) is 16.1. The minimum atomic E-state index is -1.51. The van der Waals surface area contributed by atoms with Crippen LogP contribution in [0.3, 0.4) is 0 Å². The van der Waals surface area contributed by atoms with Gasteiger partial charge in [0.25, 0.3) is 0 Å². The Hall–Kier alpha value is -1.98. The molecule has 3 nitrogen and oxygen atoms in total. The summed E-state index contributed by atoms with van der Waals surface area (Å²) >= 11 is 0. The van der Waals surface area contributed by atoms with Crippen molar-refractivity contribution in [1.29, 1.82) is 0 Å². The van der Waals surface area contributed by atoms with Crippen LogP contribution in [0.15, 0.2) is 18.2 Å². The summed E-state index contributed by atoms with van der Waals surface area (Å²) in [6.07, 6.45) is 2.23. The highest BCUT2D eigenvalue weighted by atomic mass is 19.2. The Morgan fingerprint density at radius 2 is 1.80 bits per heavy atom. The van der Waals surface area contributed by atoms with Crippen LogP contribution in [0.4, 0.5) is 18.0 Å². The first-order valence-electron chi connectivity index (χ1n) is 5.97. The smallest absolute Gasteiger partial charge is 0.407 e. The highest BCUT2D eigenvalue weighted by Gasteiger charge is 2.15. The lowest BCUT2D eigenvalue weighted by Crippen LogP contribution is -2.32. The molecule has 0 aliphatic carbocycles. The van der Waals surface area contributed by atoms with E-state index in [1.54, 1.807) is 20.8 Å². The number of hydrogen-bond donors (Lipinski definition) is 1. The number of hydrogen-bond acceptors (Lipinski definition) is 2. The molecule has 110 valence electrons. The van der Waals surface area contributed by atoms with Crippen LogP contribution in [0.5, 0.6) is 0 Å². The number of carbonyl (C=O) groups is 1. The van der Waals surface area contributed by atoms with Crippen molar-refractivity contribution in [3.8, 4) is 0 Å². The zero-order valence-electron chi connectivity index (χ0n) is 11.5. The summed E-state index contributed by atoms with van der Waals surface area (Å²) in [7, 11) is 0. The maximum atomic E-state index is 12.9. The molecule has 0 fully saturated rings. The Morgan fingerprint density at radius 3 is 2.30 bits per heavy atom. The number of amides is 1. The number of carbonyl (C=O) groups excluding carboxylic acids is 1. The molecule has 1 rings (SSSR count). The molecule has 0 saturated heterocycles. The molecule has 0 bridgehead atoms. The van der Waals surface area contributed by atoms with Gasteiger partial charge in [-0.3, -0.25) is 0 Å². The standard InChI is InChI=1S/C14H16F3NO2/c1-14(2,3)20-13(19)18-6-4-5-9-7-10(15)12(17)11(16)8-9/h4-5,7-8H,6H2,1-3H3,(H,18,19). The first-order chi connectivity index (χ1) is 9.19. The summed E-state index contributed by atoms with van der Waals surface area (Å²) in [5.74, 6) is -4.02. The van der Waals surface area contributed by atoms with Crippen LogP contribution in [0.1, 0.15) is 26.3 Å². The molecule has 0 saturated carbocycles. The van der Waals surface area contributed by atoms with Gasteiger partial charge in [-0.05, 0) is 38.5 Å². The van der Waals surface area contributed by atoms with Crippen molar-refractivity contribution in [2.24, 2.45) is 0 Å². The summed E-state index contributed by atoms with van der Waals surface area (Å²) in [6, 6.07) is 1.73.